The molecule has 2 aromatic carbocycles. The van der Waals surface area contributed by atoms with E-state index < -0.39 is 11.6 Å². The molecule has 1 unspecified atom stereocenters. The molecule has 216 valence electrons. The van der Waals surface area contributed by atoms with Gasteiger partial charge in [0.05, 0.1) is 16.8 Å². The first-order valence-electron chi connectivity index (χ1n) is 15.3. The molecule has 0 aliphatic heterocycles. The van der Waals surface area contributed by atoms with Crippen LogP contribution in [0.3, 0.4) is 0 Å². The largest absolute Gasteiger partial charge is 0.459 e. The first-order chi connectivity index (χ1) is 19.8. The summed E-state index contributed by atoms with van der Waals surface area (Å²) in [5.74, 6) is -0.337. The summed E-state index contributed by atoms with van der Waals surface area (Å²) in [6.07, 6.45) is 17.0. The molecule has 5 rings (SSSR count). The number of rotatable bonds is 10. The number of carbonyl (C=O) groups is 3. The third-order valence-electron chi connectivity index (χ3n) is 8.82. The molecule has 0 saturated heterocycles. The zero-order valence-corrected chi connectivity index (χ0v) is 24.3. The number of unbranched alkanes of at least 4 members (excludes halogenated alkanes) is 2. The van der Waals surface area contributed by atoms with Crippen molar-refractivity contribution in [1.29, 1.82) is 0 Å². The number of ether oxygens (including phenoxy) is 1. The van der Waals surface area contributed by atoms with E-state index in [-0.39, 0.29) is 40.0 Å². The van der Waals surface area contributed by atoms with Gasteiger partial charge in [0, 0.05) is 23.1 Å². The van der Waals surface area contributed by atoms with Gasteiger partial charge in [-0.05, 0) is 62.7 Å². The Labute approximate surface area is 243 Å². The van der Waals surface area contributed by atoms with E-state index >= 15 is 0 Å². The van der Waals surface area contributed by atoms with Crippen LogP contribution in [-0.2, 0) is 4.74 Å². The minimum Gasteiger partial charge on any atom is -0.459 e. The average molecular weight is 555 g/mol. The van der Waals surface area contributed by atoms with E-state index in [0.29, 0.717) is 23.5 Å². The molecule has 0 aromatic heterocycles. The Morgan fingerprint density at radius 2 is 1.66 bits per heavy atom. The molecule has 0 heterocycles. The highest BCUT2D eigenvalue weighted by molar-refractivity contribution is 6.31. The highest BCUT2D eigenvalue weighted by Crippen LogP contribution is 2.38. The highest BCUT2D eigenvalue weighted by atomic mass is 16.5. The van der Waals surface area contributed by atoms with Crippen molar-refractivity contribution in [1.82, 2.24) is 0 Å². The van der Waals surface area contributed by atoms with E-state index in [9.17, 15) is 14.4 Å². The van der Waals surface area contributed by atoms with Gasteiger partial charge in [-0.3, -0.25) is 9.59 Å². The van der Waals surface area contributed by atoms with Gasteiger partial charge < -0.3 is 15.8 Å². The van der Waals surface area contributed by atoms with Crippen LogP contribution < -0.4 is 11.1 Å². The van der Waals surface area contributed by atoms with Crippen LogP contribution in [0.15, 0.2) is 60.2 Å². The lowest BCUT2D eigenvalue weighted by Gasteiger charge is -2.33. The van der Waals surface area contributed by atoms with Crippen LogP contribution >= 0.6 is 0 Å². The second-order valence-electron chi connectivity index (χ2n) is 11.9. The fourth-order valence-electron chi connectivity index (χ4n) is 6.32. The van der Waals surface area contributed by atoms with E-state index in [4.69, 9.17) is 10.5 Å². The maximum Gasteiger partial charge on any atom is 0.340 e. The number of hydrogen-bond acceptors (Lipinski definition) is 6. The Hall–Kier alpha value is -3.51. The van der Waals surface area contributed by atoms with E-state index in [1.165, 1.54) is 24.8 Å². The molecule has 0 spiro atoms. The maximum absolute atomic E-state index is 13.9. The second-order valence-corrected chi connectivity index (χ2v) is 11.9. The predicted octanol–water partition coefficient (Wildman–Crippen LogP) is 7.51. The molecule has 3 N–H and O–H groups in total. The fraction of sp³-hybridized carbons (Fsp3) is 0.457. The second kappa shape index (κ2) is 12.6. The molecule has 41 heavy (non-hydrogen) atoms. The van der Waals surface area contributed by atoms with Crippen molar-refractivity contribution in [3.05, 3.63) is 88.0 Å². The SMILES string of the molecule is CCCCC1=CCC(N)(Nc2c(C(=O)O[C@H]3CC[C@H](CCCC)CC3)ccc3c2C(=O)c2ccccc2C3=O)C=C1. The number of fused-ring (bicyclic) bond motifs is 2. The summed E-state index contributed by atoms with van der Waals surface area (Å²) < 4.78 is 6.03. The van der Waals surface area contributed by atoms with Gasteiger partial charge in [0.2, 0.25) is 0 Å². The fourth-order valence-corrected chi connectivity index (χ4v) is 6.32. The van der Waals surface area contributed by atoms with Crippen LogP contribution in [-0.4, -0.2) is 29.3 Å². The maximum atomic E-state index is 13.9. The molecule has 6 nitrogen and oxygen atoms in total. The van der Waals surface area contributed by atoms with Gasteiger partial charge in [0.1, 0.15) is 11.8 Å². The lowest BCUT2D eigenvalue weighted by atomic mass is 9.81. The predicted molar refractivity (Wildman–Crippen MR) is 162 cm³/mol. The molecule has 0 radical (unpaired) electrons. The Balaban J connectivity index is 1.45. The summed E-state index contributed by atoms with van der Waals surface area (Å²) in [4.78, 5) is 41.0. The normalized spacial score (nSPS) is 23.4. The third-order valence-corrected chi connectivity index (χ3v) is 8.82. The Bertz CT molecular complexity index is 1380. The van der Waals surface area contributed by atoms with Crippen molar-refractivity contribution in [2.75, 3.05) is 5.32 Å². The molecular formula is C35H42N2O4. The molecule has 0 bridgehead atoms. The molecule has 3 aliphatic rings. The van der Waals surface area contributed by atoms with Crippen LogP contribution in [0.5, 0.6) is 0 Å². The summed E-state index contributed by atoms with van der Waals surface area (Å²) in [5.41, 5.74) is 8.66. The first-order valence-corrected chi connectivity index (χ1v) is 15.3. The zero-order valence-electron chi connectivity index (χ0n) is 24.3. The van der Waals surface area contributed by atoms with Crippen LogP contribution in [0, 0.1) is 5.92 Å². The quantitative estimate of drug-likeness (QED) is 0.199. The van der Waals surface area contributed by atoms with Gasteiger partial charge in [-0.1, -0.05) is 81.5 Å². The molecule has 1 atom stereocenters. The number of benzene rings is 2. The van der Waals surface area contributed by atoms with E-state index in [1.807, 2.05) is 12.2 Å². The number of nitrogens with two attached hydrogens (primary N) is 1. The van der Waals surface area contributed by atoms with Gasteiger partial charge >= 0.3 is 5.97 Å². The van der Waals surface area contributed by atoms with E-state index in [2.05, 4.69) is 25.2 Å². The van der Waals surface area contributed by atoms with Crippen molar-refractivity contribution in [3.8, 4) is 0 Å². The number of allylic oxidation sites excluding steroid dienone is 2. The number of nitrogens with one attached hydrogen (secondary N) is 1. The van der Waals surface area contributed by atoms with Crippen LogP contribution in [0.4, 0.5) is 5.69 Å². The van der Waals surface area contributed by atoms with Crippen molar-refractivity contribution < 1.29 is 19.1 Å². The number of hydrogen-bond donors (Lipinski definition) is 2. The molecule has 1 saturated carbocycles. The van der Waals surface area contributed by atoms with Crippen LogP contribution in [0.1, 0.15) is 127 Å². The standard InChI is InChI=1S/C35H42N2O4/c1-3-5-9-23-13-15-25(16-14-23)41-34(40)29-18-17-28-30(33(39)27-12-8-7-11-26(27)32(28)38)31(29)37-35(36)21-19-24(20-22-35)10-6-4-2/h7-8,11-12,17-21,23,25,37H,3-6,9-10,13-16,22,36H2,1-2H3/t23-,25-,35?. The first kappa shape index (κ1) is 29.0. The number of ketones is 2. The summed E-state index contributed by atoms with van der Waals surface area (Å²) in [7, 11) is 0. The average Bonchev–Trinajstić information content (AvgIpc) is 2.99. The van der Waals surface area contributed by atoms with Crippen LogP contribution in [0.2, 0.25) is 0 Å². The summed E-state index contributed by atoms with van der Waals surface area (Å²) in [6, 6.07) is 10.0. The molecule has 1 fully saturated rings. The molecular weight excluding hydrogens is 512 g/mol. The Morgan fingerprint density at radius 3 is 2.32 bits per heavy atom. The molecule has 6 heteroatoms. The highest BCUT2D eigenvalue weighted by Gasteiger charge is 2.37. The van der Waals surface area contributed by atoms with Crippen molar-refractivity contribution in [2.24, 2.45) is 11.7 Å². The molecule has 3 aliphatic carbocycles. The molecule has 0 amide bonds. The van der Waals surface area contributed by atoms with Gasteiger partial charge in [-0.25, -0.2) is 4.79 Å². The smallest absolute Gasteiger partial charge is 0.340 e. The summed E-state index contributed by atoms with van der Waals surface area (Å²) in [6.45, 7) is 4.38. The van der Waals surface area contributed by atoms with Gasteiger partial charge in [0.15, 0.2) is 11.6 Å². The number of anilines is 1. The summed E-state index contributed by atoms with van der Waals surface area (Å²) in [5, 5.41) is 3.33. The molecule has 2 aromatic rings. The van der Waals surface area contributed by atoms with Crippen molar-refractivity contribution in [3.63, 3.8) is 0 Å². The lowest BCUT2D eigenvalue weighted by Crippen LogP contribution is -2.47. The van der Waals surface area contributed by atoms with Crippen molar-refractivity contribution >= 4 is 23.2 Å². The van der Waals surface area contributed by atoms with E-state index in [0.717, 1.165) is 44.9 Å². The van der Waals surface area contributed by atoms with Crippen LogP contribution in [0.25, 0.3) is 0 Å². The lowest BCUT2D eigenvalue weighted by molar-refractivity contribution is 0.0162. The Morgan fingerprint density at radius 1 is 0.951 bits per heavy atom. The minimum absolute atomic E-state index is 0.159. The van der Waals surface area contributed by atoms with Gasteiger partial charge in [0.25, 0.3) is 0 Å². The monoisotopic (exact) mass is 554 g/mol. The van der Waals surface area contributed by atoms with Gasteiger partial charge in [-0.2, -0.15) is 0 Å². The Kier molecular flexibility index (Phi) is 8.88. The van der Waals surface area contributed by atoms with Crippen molar-refractivity contribution in [2.45, 2.75) is 96.2 Å². The minimum atomic E-state index is -1.03. The number of carbonyl (C=O) groups excluding carboxylic acids is 3. The van der Waals surface area contributed by atoms with Gasteiger partial charge in [-0.15, -0.1) is 0 Å². The van der Waals surface area contributed by atoms with E-state index in [1.54, 1.807) is 36.4 Å². The number of esters is 1. The summed E-state index contributed by atoms with van der Waals surface area (Å²) >= 11 is 0. The zero-order chi connectivity index (χ0) is 29.0. The third kappa shape index (κ3) is 6.23. The topological polar surface area (TPSA) is 98.5 Å².